The molecule has 0 aromatic carbocycles. The van der Waals surface area contributed by atoms with E-state index >= 15 is 0 Å². The van der Waals surface area contributed by atoms with Gasteiger partial charge < -0.3 is 14.8 Å². The van der Waals surface area contributed by atoms with Crippen molar-refractivity contribution in [3.8, 4) is 0 Å². The molecule has 2 atom stereocenters. The smallest absolute Gasteiger partial charge is 0.249 e. The van der Waals surface area contributed by atoms with Crippen molar-refractivity contribution in [2.75, 3.05) is 20.3 Å². The Morgan fingerprint density at radius 1 is 1.77 bits per heavy atom. The SMILES string of the molecule is COCC(C)NC(=O)C1CCCO1. The van der Waals surface area contributed by atoms with Crippen molar-refractivity contribution in [1.29, 1.82) is 0 Å². The molecular weight excluding hydrogens is 170 g/mol. The van der Waals surface area contributed by atoms with E-state index in [2.05, 4.69) is 5.32 Å². The zero-order valence-electron chi connectivity index (χ0n) is 8.21. The average Bonchev–Trinajstić information content (AvgIpc) is 2.55. The van der Waals surface area contributed by atoms with Crippen molar-refractivity contribution in [3.05, 3.63) is 0 Å². The zero-order chi connectivity index (χ0) is 9.68. The van der Waals surface area contributed by atoms with Crippen LogP contribution >= 0.6 is 0 Å². The molecule has 0 spiro atoms. The van der Waals surface area contributed by atoms with E-state index < -0.39 is 0 Å². The highest BCUT2D eigenvalue weighted by Gasteiger charge is 2.24. The van der Waals surface area contributed by atoms with Gasteiger partial charge in [0.2, 0.25) is 5.91 Å². The molecule has 2 unspecified atom stereocenters. The maximum Gasteiger partial charge on any atom is 0.249 e. The van der Waals surface area contributed by atoms with Crippen LogP contribution in [0.25, 0.3) is 0 Å². The first-order valence-corrected chi connectivity index (χ1v) is 4.65. The molecule has 0 aromatic heterocycles. The van der Waals surface area contributed by atoms with Gasteiger partial charge in [-0.1, -0.05) is 0 Å². The van der Waals surface area contributed by atoms with E-state index in [1.807, 2.05) is 6.92 Å². The average molecular weight is 187 g/mol. The minimum atomic E-state index is -0.237. The van der Waals surface area contributed by atoms with Crippen LogP contribution < -0.4 is 5.32 Å². The van der Waals surface area contributed by atoms with Crippen LogP contribution in [0.15, 0.2) is 0 Å². The zero-order valence-corrected chi connectivity index (χ0v) is 8.21. The quantitative estimate of drug-likeness (QED) is 0.689. The van der Waals surface area contributed by atoms with Crippen LogP contribution in [0, 0.1) is 0 Å². The van der Waals surface area contributed by atoms with E-state index in [0.29, 0.717) is 13.2 Å². The standard InChI is InChI=1S/C9H17NO3/c1-7(6-12-2)10-9(11)8-4-3-5-13-8/h7-8H,3-6H2,1-2H3,(H,10,11). The third-order valence-electron chi connectivity index (χ3n) is 2.03. The van der Waals surface area contributed by atoms with E-state index in [1.165, 1.54) is 0 Å². The van der Waals surface area contributed by atoms with Crippen molar-refractivity contribution in [3.63, 3.8) is 0 Å². The summed E-state index contributed by atoms with van der Waals surface area (Å²) in [5.74, 6) is -0.0120. The molecule has 0 saturated carbocycles. The van der Waals surface area contributed by atoms with Gasteiger partial charge in [0.15, 0.2) is 0 Å². The lowest BCUT2D eigenvalue weighted by atomic mass is 10.2. The Morgan fingerprint density at radius 3 is 3.08 bits per heavy atom. The van der Waals surface area contributed by atoms with Crippen molar-refractivity contribution in [2.45, 2.75) is 31.9 Å². The number of nitrogens with one attached hydrogen (secondary N) is 1. The Balaban J connectivity index is 2.23. The highest BCUT2D eigenvalue weighted by atomic mass is 16.5. The first-order chi connectivity index (χ1) is 6.24. The summed E-state index contributed by atoms with van der Waals surface area (Å²) >= 11 is 0. The van der Waals surface area contributed by atoms with E-state index in [0.717, 1.165) is 12.8 Å². The first kappa shape index (κ1) is 10.5. The van der Waals surface area contributed by atoms with Crippen LogP contribution in [-0.4, -0.2) is 38.4 Å². The van der Waals surface area contributed by atoms with E-state index in [4.69, 9.17) is 9.47 Å². The van der Waals surface area contributed by atoms with Gasteiger partial charge in [0, 0.05) is 19.8 Å². The minimum absolute atomic E-state index is 0.0120. The van der Waals surface area contributed by atoms with E-state index in [9.17, 15) is 4.79 Å². The lowest BCUT2D eigenvalue weighted by Crippen LogP contribution is -2.41. The molecular formula is C9H17NO3. The normalized spacial score (nSPS) is 24.3. The van der Waals surface area contributed by atoms with Crippen LogP contribution in [0.5, 0.6) is 0 Å². The summed E-state index contributed by atoms with van der Waals surface area (Å²) in [5, 5.41) is 2.83. The Labute approximate surface area is 78.6 Å². The molecule has 1 aliphatic heterocycles. The Hall–Kier alpha value is -0.610. The summed E-state index contributed by atoms with van der Waals surface area (Å²) in [6.07, 6.45) is 1.58. The van der Waals surface area contributed by atoms with Gasteiger partial charge in [0.05, 0.1) is 6.61 Å². The molecule has 0 aliphatic carbocycles. The summed E-state index contributed by atoms with van der Waals surface area (Å²) in [7, 11) is 1.62. The molecule has 4 nitrogen and oxygen atoms in total. The summed E-state index contributed by atoms with van der Waals surface area (Å²) in [6, 6.07) is 0.0571. The Morgan fingerprint density at radius 2 is 2.54 bits per heavy atom. The van der Waals surface area contributed by atoms with Crippen LogP contribution in [0.3, 0.4) is 0 Å². The number of hydrogen-bond donors (Lipinski definition) is 1. The first-order valence-electron chi connectivity index (χ1n) is 4.65. The van der Waals surface area contributed by atoms with E-state index in [1.54, 1.807) is 7.11 Å². The minimum Gasteiger partial charge on any atom is -0.383 e. The van der Waals surface area contributed by atoms with Crippen LogP contribution in [0.1, 0.15) is 19.8 Å². The van der Waals surface area contributed by atoms with Gasteiger partial charge in [0.25, 0.3) is 0 Å². The van der Waals surface area contributed by atoms with Crippen molar-refractivity contribution < 1.29 is 14.3 Å². The predicted octanol–water partition coefficient (Wildman–Crippen LogP) is 0.316. The topological polar surface area (TPSA) is 47.6 Å². The summed E-state index contributed by atoms with van der Waals surface area (Å²) in [5.41, 5.74) is 0. The number of carbonyl (C=O) groups excluding carboxylic acids is 1. The molecule has 76 valence electrons. The molecule has 1 heterocycles. The van der Waals surface area contributed by atoms with Crippen LogP contribution in [0.2, 0.25) is 0 Å². The number of amides is 1. The number of hydrogen-bond acceptors (Lipinski definition) is 3. The van der Waals surface area contributed by atoms with Gasteiger partial charge in [0.1, 0.15) is 6.10 Å². The molecule has 4 heteroatoms. The number of methoxy groups -OCH3 is 1. The van der Waals surface area contributed by atoms with Crippen molar-refractivity contribution >= 4 is 5.91 Å². The highest BCUT2D eigenvalue weighted by molar-refractivity contribution is 5.81. The number of carbonyl (C=O) groups is 1. The second-order valence-corrected chi connectivity index (χ2v) is 3.37. The molecule has 0 radical (unpaired) electrons. The van der Waals surface area contributed by atoms with Gasteiger partial charge in [-0.15, -0.1) is 0 Å². The van der Waals surface area contributed by atoms with Crippen LogP contribution in [-0.2, 0) is 14.3 Å². The molecule has 0 aromatic rings. The largest absolute Gasteiger partial charge is 0.383 e. The molecule has 1 amide bonds. The molecule has 1 saturated heterocycles. The maximum atomic E-state index is 11.4. The van der Waals surface area contributed by atoms with Gasteiger partial charge in [-0.05, 0) is 19.8 Å². The fourth-order valence-electron chi connectivity index (χ4n) is 1.41. The van der Waals surface area contributed by atoms with E-state index in [-0.39, 0.29) is 18.1 Å². The summed E-state index contributed by atoms with van der Waals surface area (Å²) in [6.45, 7) is 3.16. The molecule has 1 aliphatic rings. The third-order valence-corrected chi connectivity index (χ3v) is 2.03. The van der Waals surface area contributed by atoms with Crippen molar-refractivity contribution in [2.24, 2.45) is 0 Å². The lowest BCUT2D eigenvalue weighted by molar-refractivity contribution is -0.131. The monoisotopic (exact) mass is 187 g/mol. The van der Waals surface area contributed by atoms with Gasteiger partial charge >= 0.3 is 0 Å². The van der Waals surface area contributed by atoms with Crippen LogP contribution in [0.4, 0.5) is 0 Å². The molecule has 1 rings (SSSR count). The van der Waals surface area contributed by atoms with Gasteiger partial charge in [-0.3, -0.25) is 4.79 Å². The second-order valence-electron chi connectivity index (χ2n) is 3.37. The summed E-state index contributed by atoms with van der Waals surface area (Å²) in [4.78, 5) is 11.4. The molecule has 0 bridgehead atoms. The maximum absolute atomic E-state index is 11.4. The van der Waals surface area contributed by atoms with Gasteiger partial charge in [-0.25, -0.2) is 0 Å². The Bertz CT molecular complexity index is 166. The lowest BCUT2D eigenvalue weighted by Gasteiger charge is -2.15. The third kappa shape index (κ3) is 3.32. The summed E-state index contributed by atoms with van der Waals surface area (Å²) < 4.78 is 10.2. The highest BCUT2D eigenvalue weighted by Crippen LogP contribution is 2.11. The van der Waals surface area contributed by atoms with Gasteiger partial charge in [-0.2, -0.15) is 0 Å². The molecule has 1 fully saturated rings. The number of ether oxygens (including phenoxy) is 2. The number of rotatable bonds is 4. The molecule has 13 heavy (non-hydrogen) atoms. The fourth-order valence-corrected chi connectivity index (χ4v) is 1.41. The predicted molar refractivity (Wildman–Crippen MR) is 48.5 cm³/mol. The van der Waals surface area contributed by atoms with Crippen molar-refractivity contribution in [1.82, 2.24) is 5.32 Å². The second kappa shape index (κ2) is 5.19. The Kier molecular flexibility index (Phi) is 4.18. The fraction of sp³-hybridized carbons (Fsp3) is 0.889. The molecule has 1 N–H and O–H groups in total.